The first-order valence-electron chi connectivity index (χ1n) is 4.55. The van der Waals surface area contributed by atoms with E-state index in [0.29, 0.717) is 6.42 Å². The molecule has 1 N–H and O–H groups in total. The number of furan rings is 1. The lowest BCUT2D eigenvalue weighted by atomic mass is 10.2. The van der Waals surface area contributed by atoms with Gasteiger partial charge in [-0.05, 0) is 19.2 Å². The monoisotopic (exact) mass is 233 g/mol. The number of nitrogens with one attached hydrogen (secondary N) is 1. The van der Waals surface area contributed by atoms with Gasteiger partial charge < -0.3 is 9.73 Å². The highest BCUT2D eigenvalue weighted by molar-refractivity contribution is 7.85. The van der Waals surface area contributed by atoms with Gasteiger partial charge in [0.2, 0.25) is 0 Å². The van der Waals surface area contributed by atoms with E-state index in [0.717, 1.165) is 12.0 Å². The van der Waals surface area contributed by atoms with E-state index in [1.165, 1.54) is 0 Å². The summed E-state index contributed by atoms with van der Waals surface area (Å²) in [6, 6.07) is 3.55. The molecule has 5 nitrogen and oxygen atoms in total. The molecule has 1 atom stereocenters. The lowest BCUT2D eigenvalue weighted by molar-refractivity contribution is 0.270. The van der Waals surface area contributed by atoms with Gasteiger partial charge in [0.25, 0.3) is 10.1 Å². The van der Waals surface area contributed by atoms with Gasteiger partial charge in [0.05, 0.1) is 19.1 Å². The third-order valence-electron chi connectivity index (χ3n) is 1.92. The Morgan fingerprint density at radius 1 is 1.60 bits per heavy atom. The van der Waals surface area contributed by atoms with Crippen molar-refractivity contribution in [1.29, 1.82) is 0 Å². The Labute approximate surface area is 89.5 Å². The first kappa shape index (κ1) is 12.2. The van der Waals surface area contributed by atoms with Gasteiger partial charge in [0, 0.05) is 12.5 Å². The molecule has 0 bridgehead atoms. The predicted octanol–water partition coefficient (Wildman–Crippen LogP) is 0.386. The van der Waals surface area contributed by atoms with Gasteiger partial charge in [-0.15, -0.1) is 0 Å². The zero-order valence-electron chi connectivity index (χ0n) is 8.76. The number of rotatable bonds is 6. The van der Waals surface area contributed by atoms with Gasteiger partial charge in [-0.2, -0.15) is 8.42 Å². The van der Waals surface area contributed by atoms with Crippen molar-refractivity contribution in [1.82, 2.24) is 5.32 Å². The van der Waals surface area contributed by atoms with E-state index in [-0.39, 0.29) is 12.6 Å². The fraction of sp³-hybridized carbons (Fsp3) is 0.556. The number of likely N-dealkylation sites (N-methyl/N-ethyl adjacent to an activating group) is 1. The van der Waals surface area contributed by atoms with E-state index in [2.05, 4.69) is 5.32 Å². The molecule has 0 aliphatic heterocycles. The molecule has 0 unspecified atom stereocenters. The van der Waals surface area contributed by atoms with E-state index in [9.17, 15) is 8.42 Å². The van der Waals surface area contributed by atoms with Crippen LogP contribution in [0.3, 0.4) is 0 Å². The Balaban J connectivity index is 2.43. The van der Waals surface area contributed by atoms with Crippen molar-refractivity contribution < 1.29 is 17.0 Å². The van der Waals surface area contributed by atoms with Crippen LogP contribution in [-0.2, 0) is 20.7 Å². The maximum absolute atomic E-state index is 10.8. The molecule has 0 saturated carbocycles. The molecule has 0 aliphatic rings. The second-order valence-corrected chi connectivity index (χ2v) is 4.90. The van der Waals surface area contributed by atoms with Crippen LogP contribution in [0.1, 0.15) is 5.76 Å². The van der Waals surface area contributed by atoms with Gasteiger partial charge >= 0.3 is 0 Å². The second kappa shape index (κ2) is 5.29. The van der Waals surface area contributed by atoms with Crippen LogP contribution in [-0.4, -0.2) is 34.4 Å². The van der Waals surface area contributed by atoms with E-state index in [1.807, 2.05) is 6.07 Å². The van der Waals surface area contributed by atoms with Gasteiger partial charge in [-0.3, -0.25) is 4.18 Å². The van der Waals surface area contributed by atoms with Crippen LogP contribution in [0, 0.1) is 0 Å². The molecular weight excluding hydrogens is 218 g/mol. The van der Waals surface area contributed by atoms with Crippen LogP contribution in [0.4, 0.5) is 0 Å². The summed E-state index contributed by atoms with van der Waals surface area (Å²) in [5.74, 6) is 0.798. The van der Waals surface area contributed by atoms with Crippen LogP contribution < -0.4 is 5.32 Å². The molecule has 0 fully saturated rings. The standard InChI is InChI=1S/C9H15NO4S/c1-10-8(7-14-15(2,11)12)6-9-4-3-5-13-9/h3-5,8,10H,6-7H2,1-2H3/t8-/m0/s1. The summed E-state index contributed by atoms with van der Waals surface area (Å²) in [5.41, 5.74) is 0. The molecule has 86 valence electrons. The smallest absolute Gasteiger partial charge is 0.264 e. The first-order chi connectivity index (χ1) is 7.01. The fourth-order valence-corrected chi connectivity index (χ4v) is 1.53. The maximum Gasteiger partial charge on any atom is 0.264 e. The molecule has 0 radical (unpaired) electrons. The van der Waals surface area contributed by atoms with E-state index >= 15 is 0 Å². The molecule has 0 spiro atoms. The molecule has 0 aromatic carbocycles. The van der Waals surface area contributed by atoms with Crippen molar-refractivity contribution in [3.63, 3.8) is 0 Å². The Morgan fingerprint density at radius 2 is 2.33 bits per heavy atom. The minimum atomic E-state index is -3.38. The van der Waals surface area contributed by atoms with Crippen LogP contribution in [0.5, 0.6) is 0 Å². The average molecular weight is 233 g/mol. The minimum Gasteiger partial charge on any atom is -0.469 e. The highest BCUT2D eigenvalue weighted by Crippen LogP contribution is 2.05. The number of hydrogen-bond donors (Lipinski definition) is 1. The summed E-state index contributed by atoms with van der Waals surface area (Å²) in [7, 11) is -1.63. The summed E-state index contributed by atoms with van der Waals surface area (Å²) in [4.78, 5) is 0. The van der Waals surface area contributed by atoms with E-state index in [1.54, 1.807) is 19.4 Å². The Morgan fingerprint density at radius 3 is 2.80 bits per heavy atom. The molecule has 1 rings (SSSR count). The van der Waals surface area contributed by atoms with Gasteiger partial charge in [-0.1, -0.05) is 0 Å². The molecule has 0 amide bonds. The Hall–Kier alpha value is -0.850. The van der Waals surface area contributed by atoms with E-state index in [4.69, 9.17) is 8.60 Å². The summed E-state index contributed by atoms with van der Waals surface area (Å²) in [6.07, 6.45) is 3.21. The largest absolute Gasteiger partial charge is 0.469 e. The predicted molar refractivity (Wildman–Crippen MR) is 56.1 cm³/mol. The average Bonchev–Trinajstić information content (AvgIpc) is 2.63. The highest BCUT2D eigenvalue weighted by Gasteiger charge is 2.12. The van der Waals surface area contributed by atoms with Crippen molar-refractivity contribution in [3.05, 3.63) is 24.2 Å². The third-order valence-corrected chi connectivity index (χ3v) is 2.48. The molecule has 0 aliphatic carbocycles. The van der Waals surface area contributed by atoms with Crippen molar-refractivity contribution in [2.24, 2.45) is 0 Å². The molecule has 15 heavy (non-hydrogen) atoms. The Kier molecular flexibility index (Phi) is 4.31. The van der Waals surface area contributed by atoms with Crippen LogP contribution in [0.15, 0.2) is 22.8 Å². The molecule has 1 heterocycles. The molecular formula is C9H15NO4S. The summed E-state index contributed by atoms with van der Waals surface area (Å²) < 4.78 is 31.4. The van der Waals surface area contributed by atoms with Gasteiger partial charge in [0.1, 0.15) is 5.76 Å². The number of hydrogen-bond acceptors (Lipinski definition) is 5. The van der Waals surface area contributed by atoms with Crippen molar-refractivity contribution in [2.45, 2.75) is 12.5 Å². The third kappa shape index (κ3) is 4.96. The van der Waals surface area contributed by atoms with Crippen molar-refractivity contribution >= 4 is 10.1 Å². The zero-order valence-corrected chi connectivity index (χ0v) is 9.58. The summed E-state index contributed by atoms with van der Waals surface area (Å²) in [6.45, 7) is 0.107. The van der Waals surface area contributed by atoms with Gasteiger partial charge in [-0.25, -0.2) is 0 Å². The summed E-state index contributed by atoms with van der Waals surface area (Å²) in [5, 5.41) is 2.96. The maximum atomic E-state index is 10.8. The lowest BCUT2D eigenvalue weighted by Gasteiger charge is -2.13. The van der Waals surface area contributed by atoms with Crippen LogP contribution in [0.2, 0.25) is 0 Å². The van der Waals surface area contributed by atoms with Crippen molar-refractivity contribution in [3.8, 4) is 0 Å². The topological polar surface area (TPSA) is 68.5 Å². The molecule has 1 aromatic rings. The quantitative estimate of drug-likeness (QED) is 0.720. The first-order valence-corrected chi connectivity index (χ1v) is 6.37. The van der Waals surface area contributed by atoms with Crippen LogP contribution in [0.25, 0.3) is 0 Å². The second-order valence-electron chi connectivity index (χ2n) is 3.26. The SMILES string of the molecule is CN[C@H](COS(C)(=O)=O)Cc1ccco1. The lowest BCUT2D eigenvalue weighted by Crippen LogP contribution is -2.33. The molecule has 6 heteroatoms. The van der Waals surface area contributed by atoms with Crippen molar-refractivity contribution in [2.75, 3.05) is 19.9 Å². The molecule has 1 aromatic heterocycles. The normalized spacial score (nSPS) is 14.0. The summed E-state index contributed by atoms with van der Waals surface area (Å²) >= 11 is 0. The molecule has 0 saturated heterocycles. The fourth-order valence-electron chi connectivity index (χ4n) is 1.12. The van der Waals surface area contributed by atoms with Crippen LogP contribution >= 0.6 is 0 Å². The highest BCUT2D eigenvalue weighted by atomic mass is 32.2. The minimum absolute atomic E-state index is 0.0779. The van der Waals surface area contributed by atoms with E-state index < -0.39 is 10.1 Å². The van der Waals surface area contributed by atoms with Gasteiger partial charge in [0.15, 0.2) is 0 Å². The Bertz CT molecular complexity index is 371. The zero-order chi connectivity index (χ0) is 11.3.